The van der Waals surface area contributed by atoms with Crippen LogP contribution in [0.1, 0.15) is 55.7 Å². The van der Waals surface area contributed by atoms with Crippen LogP contribution in [0.25, 0.3) is 0 Å². The topological polar surface area (TPSA) is 85.5 Å². The number of ether oxygens (including phenoxy) is 1. The molecule has 1 atom stereocenters. The van der Waals surface area contributed by atoms with Gasteiger partial charge in [-0.15, -0.1) is 0 Å². The number of benzene rings is 1. The molecule has 1 saturated heterocycles. The maximum absolute atomic E-state index is 12.8. The number of amides is 1. The first-order chi connectivity index (χ1) is 13.3. The quantitative estimate of drug-likeness (QED) is 0.711. The van der Waals surface area contributed by atoms with Gasteiger partial charge in [0.2, 0.25) is 11.8 Å². The Hall–Kier alpha value is -2.54. The smallest absolute Gasteiger partial charge is 0.227 e. The van der Waals surface area contributed by atoms with E-state index in [0.717, 1.165) is 0 Å². The first kappa shape index (κ1) is 20.2. The van der Waals surface area contributed by atoms with Crippen molar-refractivity contribution in [1.82, 2.24) is 15.0 Å². The van der Waals surface area contributed by atoms with Gasteiger partial charge in [0, 0.05) is 36.8 Å². The maximum Gasteiger partial charge on any atom is 0.227 e. The zero-order chi connectivity index (χ0) is 20.1. The molecule has 28 heavy (non-hydrogen) atoms. The molecule has 0 saturated carbocycles. The van der Waals surface area contributed by atoms with Crippen LogP contribution in [0, 0.1) is 0 Å². The first-order valence-corrected chi connectivity index (χ1v) is 9.63. The zero-order valence-electron chi connectivity index (χ0n) is 16.7. The van der Waals surface area contributed by atoms with Crippen LogP contribution < -0.4 is 0 Å². The van der Waals surface area contributed by atoms with Crippen molar-refractivity contribution in [1.29, 1.82) is 0 Å². The highest BCUT2D eigenvalue weighted by Crippen LogP contribution is 2.20. The Kier molecular flexibility index (Phi) is 6.24. The number of hydrogen-bond donors (Lipinski definition) is 0. The lowest BCUT2D eigenvalue weighted by atomic mass is 9.96. The number of rotatable bonds is 6. The summed E-state index contributed by atoms with van der Waals surface area (Å²) in [5.41, 5.74) is 0.458. The molecule has 0 N–H and O–H groups in total. The summed E-state index contributed by atoms with van der Waals surface area (Å²) in [6, 6.07) is 8.88. The van der Waals surface area contributed by atoms with Crippen LogP contribution in [0.15, 0.2) is 34.9 Å². The summed E-state index contributed by atoms with van der Waals surface area (Å²) >= 11 is 0. The number of carbonyl (C=O) groups excluding carboxylic acids is 2. The normalized spacial score (nSPS) is 17.5. The molecule has 1 aromatic heterocycles. The molecule has 7 nitrogen and oxygen atoms in total. The lowest BCUT2D eigenvalue weighted by Gasteiger charge is -2.35. The van der Waals surface area contributed by atoms with E-state index in [1.807, 2.05) is 39.0 Å². The summed E-state index contributed by atoms with van der Waals surface area (Å²) in [5, 5.41) is 3.99. The van der Waals surface area contributed by atoms with Crippen molar-refractivity contribution in [3.8, 4) is 0 Å². The van der Waals surface area contributed by atoms with Crippen LogP contribution in [0.5, 0.6) is 0 Å². The second-order valence-corrected chi connectivity index (χ2v) is 8.07. The van der Waals surface area contributed by atoms with E-state index in [2.05, 4.69) is 10.1 Å². The Labute approximate surface area is 165 Å². The van der Waals surface area contributed by atoms with Crippen molar-refractivity contribution in [2.24, 2.45) is 0 Å². The zero-order valence-corrected chi connectivity index (χ0v) is 16.7. The van der Waals surface area contributed by atoms with Crippen LogP contribution in [0.4, 0.5) is 0 Å². The van der Waals surface area contributed by atoms with Gasteiger partial charge in [0.05, 0.1) is 19.3 Å². The Balaban J connectivity index is 1.59. The molecule has 2 aromatic rings. The Bertz CT molecular complexity index is 811. The minimum atomic E-state index is -0.248. The van der Waals surface area contributed by atoms with Gasteiger partial charge in [0.15, 0.2) is 11.6 Å². The standard InChI is InChI=1S/C21H27N3O4/c1-21(2,3)20-22-18(28-23-20)9-10-19(26)24-11-12-27-14-16(24)13-17(25)15-7-5-4-6-8-15/h4-8,16H,9-14H2,1-3H3/t16-/m0/s1. The maximum atomic E-state index is 12.8. The van der Waals surface area contributed by atoms with E-state index in [1.165, 1.54) is 0 Å². The molecule has 7 heteroatoms. The number of ketones is 1. The molecule has 0 aliphatic carbocycles. The van der Waals surface area contributed by atoms with Gasteiger partial charge in [-0.1, -0.05) is 56.3 Å². The van der Waals surface area contributed by atoms with Gasteiger partial charge in [-0.3, -0.25) is 9.59 Å². The molecular weight excluding hydrogens is 358 g/mol. The van der Waals surface area contributed by atoms with Gasteiger partial charge in [-0.2, -0.15) is 4.98 Å². The van der Waals surface area contributed by atoms with Crippen molar-refractivity contribution in [3.05, 3.63) is 47.6 Å². The number of Topliss-reactive ketones (excluding diaryl/α,β-unsaturated/α-hetero) is 1. The third-order valence-corrected chi connectivity index (χ3v) is 4.76. The molecule has 2 heterocycles. The Morgan fingerprint density at radius 3 is 2.64 bits per heavy atom. The fourth-order valence-corrected chi connectivity index (χ4v) is 3.13. The van der Waals surface area contributed by atoms with Gasteiger partial charge in [-0.05, 0) is 0 Å². The second kappa shape index (κ2) is 8.65. The number of carbonyl (C=O) groups is 2. The molecular formula is C21H27N3O4. The lowest BCUT2D eigenvalue weighted by Crippen LogP contribution is -2.49. The van der Waals surface area contributed by atoms with E-state index in [4.69, 9.17) is 9.26 Å². The molecule has 0 unspecified atom stereocenters. The third kappa shape index (κ3) is 5.04. The van der Waals surface area contributed by atoms with E-state index >= 15 is 0 Å². The van der Waals surface area contributed by atoms with Crippen LogP contribution in [0.2, 0.25) is 0 Å². The number of hydrogen-bond acceptors (Lipinski definition) is 6. The number of aromatic nitrogens is 2. The Morgan fingerprint density at radius 1 is 1.21 bits per heavy atom. The number of nitrogens with zero attached hydrogens (tertiary/aromatic N) is 3. The van der Waals surface area contributed by atoms with Crippen LogP contribution in [-0.2, 0) is 21.4 Å². The summed E-state index contributed by atoms with van der Waals surface area (Å²) in [6.07, 6.45) is 0.908. The molecule has 1 aromatic carbocycles. The molecule has 0 radical (unpaired) electrons. The van der Waals surface area contributed by atoms with Crippen molar-refractivity contribution < 1.29 is 18.8 Å². The molecule has 1 aliphatic rings. The second-order valence-electron chi connectivity index (χ2n) is 8.07. The van der Waals surface area contributed by atoms with Gasteiger partial charge in [0.1, 0.15) is 0 Å². The minimum Gasteiger partial charge on any atom is -0.377 e. The van der Waals surface area contributed by atoms with Crippen molar-refractivity contribution in [2.45, 2.75) is 51.5 Å². The van der Waals surface area contributed by atoms with Crippen molar-refractivity contribution in [3.63, 3.8) is 0 Å². The molecule has 0 bridgehead atoms. The van der Waals surface area contributed by atoms with Crippen LogP contribution in [0.3, 0.4) is 0 Å². The first-order valence-electron chi connectivity index (χ1n) is 9.63. The van der Waals surface area contributed by atoms with Gasteiger partial charge >= 0.3 is 0 Å². The summed E-state index contributed by atoms with van der Waals surface area (Å²) in [4.78, 5) is 31.4. The fraction of sp³-hybridized carbons (Fsp3) is 0.524. The summed E-state index contributed by atoms with van der Waals surface area (Å²) in [7, 11) is 0. The van der Waals surface area contributed by atoms with E-state index in [1.54, 1.807) is 17.0 Å². The van der Waals surface area contributed by atoms with E-state index < -0.39 is 0 Å². The monoisotopic (exact) mass is 385 g/mol. The van der Waals surface area contributed by atoms with Crippen molar-refractivity contribution >= 4 is 11.7 Å². The lowest BCUT2D eigenvalue weighted by molar-refractivity contribution is -0.139. The summed E-state index contributed by atoms with van der Waals surface area (Å²) < 4.78 is 10.8. The van der Waals surface area contributed by atoms with E-state index in [9.17, 15) is 9.59 Å². The van der Waals surface area contributed by atoms with Crippen LogP contribution in [-0.4, -0.2) is 52.5 Å². The van der Waals surface area contributed by atoms with Gasteiger partial charge in [0.25, 0.3) is 0 Å². The average Bonchev–Trinajstić information content (AvgIpc) is 3.17. The molecule has 150 valence electrons. The molecule has 0 spiro atoms. The number of aryl methyl sites for hydroxylation is 1. The SMILES string of the molecule is CC(C)(C)c1noc(CCC(=O)N2CCOC[C@@H]2CC(=O)c2ccccc2)n1. The highest BCUT2D eigenvalue weighted by Gasteiger charge is 2.29. The average molecular weight is 385 g/mol. The highest BCUT2D eigenvalue weighted by atomic mass is 16.5. The molecule has 1 aliphatic heterocycles. The highest BCUT2D eigenvalue weighted by molar-refractivity contribution is 5.96. The fourth-order valence-electron chi connectivity index (χ4n) is 3.13. The van der Waals surface area contributed by atoms with Crippen molar-refractivity contribution in [2.75, 3.05) is 19.8 Å². The van der Waals surface area contributed by atoms with E-state index in [0.29, 0.717) is 43.5 Å². The summed E-state index contributed by atoms with van der Waals surface area (Å²) in [5.74, 6) is 1.08. The van der Waals surface area contributed by atoms with Gasteiger partial charge < -0.3 is 14.2 Å². The number of morpholine rings is 1. The predicted octanol–water partition coefficient (Wildman–Crippen LogP) is 2.80. The summed E-state index contributed by atoms with van der Waals surface area (Å²) in [6.45, 7) is 7.37. The minimum absolute atomic E-state index is 0.0145. The van der Waals surface area contributed by atoms with Gasteiger partial charge in [-0.25, -0.2) is 0 Å². The third-order valence-electron chi connectivity index (χ3n) is 4.76. The predicted molar refractivity (Wildman–Crippen MR) is 103 cm³/mol. The molecule has 1 fully saturated rings. The van der Waals surface area contributed by atoms with Crippen LogP contribution >= 0.6 is 0 Å². The molecule has 1 amide bonds. The van der Waals surface area contributed by atoms with E-state index in [-0.39, 0.29) is 36.0 Å². The largest absolute Gasteiger partial charge is 0.377 e. The Morgan fingerprint density at radius 2 is 1.96 bits per heavy atom. The molecule has 3 rings (SSSR count).